The van der Waals surface area contributed by atoms with E-state index in [1.54, 1.807) is 18.2 Å². The first-order valence-corrected chi connectivity index (χ1v) is 5.23. The van der Waals surface area contributed by atoms with Crippen LogP contribution in [0.3, 0.4) is 0 Å². The number of carbonyl (C=O) groups is 1. The molecule has 0 aromatic heterocycles. The van der Waals surface area contributed by atoms with Gasteiger partial charge in [-0.25, -0.2) is 0 Å². The van der Waals surface area contributed by atoms with Crippen LogP contribution in [0.5, 0.6) is 5.75 Å². The number of carbonyl (C=O) groups excluding carboxylic acids is 1. The van der Waals surface area contributed by atoms with Crippen LogP contribution in [0.2, 0.25) is 0 Å². The van der Waals surface area contributed by atoms with E-state index in [4.69, 9.17) is 5.11 Å². The summed E-state index contributed by atoms with van der Waals surface area (Å²) >= 11 is 0. The normalized spacial score (nSPS) is 11.2. The van der Waals surface area contributed by atoms with Gasteiger partial charge in [-0.3, -0.25) is 4.79 Å². The molecule has 2 aromatic carbocycles. The Labute approximate surface area is 103 Å². The minimum Gasteiger partial charge on any atom is -0.594 e. The summed E-state index contributed by atoms with van der Waals surface area (Å²) in [5.41, 5.74) is 0.846. The fraction of sp³-hybridized carbons (Fsp3) is 0. The number of rotatable bonds is 3. The highest BCUT2D eigenvalue weighted by atomic mass is 16.5. The predicted molar refractivity (Wildman–Crippen MR) is 65.3 cm³/mol. The molecule has 0 aliphatic carbocycles. The van der Waals surface area contributed by atoms with E-state index in [1.165, 1.54) is 30.3 Å². The van der Waals surface area contributed by atoms with Crippen molar-refractivity contribution in [3.05, 3.63) is 59.3 Å². The van der Waals surface area contributed by atoms with Gasteiger partial charge in [-0.05, 0) is 35.2 Å². The minimum atomic E-state index is 0.0969. The number of nitrogens with zero attached hydrogens (tertiary/aromatic N) is 2. The van der Waals surface area contributed by atoms with Gasteiger partial charge in [0.05, 0.1) is 5.56 Å². The van der Waals surface area contributed by atoms with E-state index in [1.807, 2.05) is 0 Å². The van der Waals surface area contributed by atoms with Gasteiger partial charge >= 0.3 is 0 Å². The molecule has 1 N–H and O–H groups in total. The molecule has 0 bridgehead atoms. The number of hydrogen-bond donors (Lipinski definition) is 1. The summed E-state index contributed by atoms with van der Waals surface area (Å²) in [5.74, 6) is 0.0969. The Balaban J connectivity index is 2.38. The summed E-state index contributed by atoms with van der Waals surface area (Å²) in [6, 6.07) is 12.2. The summed E-state index contributed by atoms with van der Waals surface area (Å²) in [4.78, 5) is 11.2. The van der Waals surface area contributed by atoms with Crippen LogP contribution < -0.4 is 0 Å². The van der Waals surface area contributed by atoms with Gasteiger partial charge in [0.25, 0.3) is 5.69 Å². The van der Waals surface area contributed by atoms with Gasteiger partial charge in [-0.15, -0.1) is 0 Å². The maximum atomic E-state index is 11.8. The number of para-hydroxylation sites is 1. The first-order chi connectivity index (χ1) is 8.70. The fourth-order valence-electron chi connectivity index (χ4n) is 1.44. The van der Waals surface area contributed by atoms with Crippen LogP contribution >= 0.6 is 0 Å². The smallest absolute Gasteiger partial charge is 0.255 e. The zero-order chi connectivity index (χ0) is 13.0. The number of azo groups is 1. The first kappa shape index (κ1) is 11.8. The van der Waals surface area contributed by atoms with Gasteiger partial charge < -0.3 is 10.3 Å². The molecule has 0 amide bonds. The monoisotopic (exact) mass is 242 g/mol. The maximum absolute atomic E-state index is 11.8. The van der Waals surface area contributed by atoms with E-state index in [-0.39, 0.29) is 17.0 Å². The van der Waals surface area contributed by atoms with Crippen LogP contribution in [0.15, 0.2) is 53.6 Å². The lowest BCUT2D eigenvalue weighted by Gasteiger charge is -2.01. The molecule has 90 valence electrons. The molecule has 0 radical (unpaired) electrons. The minimum absolute atomic E-state index is 0.0969. The largest absolute Gasteiger partial charge is 0.594 e. The second-order valence-electron chi connectivity index (χ2n) is 3.57. The Kier molecular flexibility index (Phi) is 3.33. The molecule has 5 nitrogen and oxygen atoms in total. The average Bonchev–Trinajstić information content (AvgIpc) is 2.41. The van der Waals surface area contributed by atoms with Crippen molar-refractivity contribution in [1.29, 1.82) is 0 Å². The fourth-order valence-corrected chi connectivity index (χ4v) is 1.44. The van der Waals surface area contributed by atoms with E-state index in [0.717, 1.165) is 0 Å². The van der Waals surface area contributed by atoms with Gasteiger partial charge in [0.2, 0.25) is 0 Å². The third-order valence-corrected chi connectivity index (χ3v) is 2.33. The lowest BCUT2D eigenvalue weighted by atomic mass is 10.2. The van der Waals surface area contributed by atoms with Crippen LogP contribution in [-0.2, 0) is 0 Å². The van der Waals surface area contributed by atoms with E-state index < -0.39 is 0 Å². The summed E-state index contributed by atoms with van der Waals surface area (Å²) in [5, 5.41) is 24.7. The summed E-state index contributed by atoms with van der Waals surface area (Å²) in [6.45, 7) is 0. The SMILES string of the molecule is O=Cc1ccccc1[N+]([O-])=Nc1ccc(O)cc1. The number of phenolic OH excluding ortho intramolecular Hbond substituents is 1. The van der Waals surface area contributed by atoms with E-state index in [2.05, 4.69) is 5.11 Å². The third-order valence-electron chi connectivity index (χ3n) is 2.33. The lowest BCUT2D eigenvalue weighted by Crippen LogP contribution is -1.95. The Morgan fingerprint density at radius 3 is 2.44 bits per heavy atom. The number of aldehydes is 1. The quantitative estimate of drug-likeness (QED) is 0.389. The molecule has 0 atom stereocenters. The summed E-state index contributed by atoms with van der Waals surface area (Å²) in [7, 11) is 0. The summed E-state index contributed by atoms with van der Waals surface area (Å²) in [6.07, 6.45) is 0.604. The lowest BCUT2D eigenvalue weighted by molar-refractivity contribution is -0.435. The molecular weight excluding hydrogens is 232 g/mol. The molecule has 0 spiro atoms. The molecule has 18 heavy (non-hydrogen) atoms. The van der Waals surface area contributed by atoms with E-state index >= 15 is 0 Å². The van der Waals surface area contributed by atoms with Crippen molar-refractivity contribution in [2.75, 3.05) is 0 Å². The van der Waals surface area contributed by atoms with E-state index in [9.17, 15) is 10.0 Å². The number of phenols is 1. The Morgan fingerprint density at radius 2 is 1.78 bits per heavy atom. The number of hydrogen-bond acceptors (Lipinski definition) is 4. The predicted octanol–water partition coefficient (Wildman–Crippen LogP) is 3.13. The van der Waals surface area contributed by atoms with Crippen molar-refractivity contribution in [2.24, 2.45) is 5.11 Å². The van der Waals surface area contributed by atoms with Crippen LogP contribution in [0.25, 0.3) is 0 Å². The van der Waals surface area contributed by atoms with Gasteiger partial charge in [0.15, 0.2) is 6.29 Å². The van der Waals surface area contributed by atoms with Crippen molar-refractivity contribution in [1.82, 2.24) is 0 Å². The molecule has 2 aromatic rings. The molecule has 0 heterocycles. The zero-order valence-electron chi connectivity index (χ0n) is 9.35. The molecule has 0 aliphatic heterocycles. The van der Waals surface area contributed by atoms with Crippen molar-refractivity contribution >= 4 is 17.7 Å². The Bertz CT molecular complexity index is 591. The highest BCUT2D eigenvalue weighted by Crippen LogP contribution is 2.21. The number of aromatic hydroxyl groups is 1. The van der Waals surface area contributed by atoms with Gasteiger partial charge in [0.1, 0.15) is 11.4 Å². The standard InChI is InChI=1S/C13H10N2O3/c16-9-10-3-1-2-4-13(10)15(18)14-11-5-7-12(17)8-6-11/h1-9,17H. The Morgan fingerprint density at radius 1 is 1.11 bits per heavy atom. The molecule has 5 heteroatoms. The number of benzene rings is 2. The van der Waals surface area contributed by atoms with Crippen molar-refractivity contribution in [3.63, 3.8) is 0 Å². The van der Waals surface area contributed by atoms with Gasteiger partial charge in [-0.2, -0.15) is 0 Å². The van der Waals surface area contributed by atoms with Crippen molar-refractivity contribution in [2.45, 2.75) is 0 Å². The van der Waals surface area contributed by atoms with E-state index in [0.29, 0.717) is 16.8 Å². The van der Waals surface area contributed by atoms with Crippen LogP contribution in [0.4, 0.5) is 11.4 Å². The topological polar surface area (TPSA) is 75.7 Å². The maximum Gasteiger partial charge on any atom is 0.255 e. The third kappa shape index (κ3) is 2.52. The molecule has 0 saturated heterocycles. The average molecular weight is 242 g/mol. The molecule has 0 aliphatic rings. The Hall–Kier alpha value is -2.69. The zero-order valence-corrected chi connectivity index (χ0v) is 9.35. The molecular formula is C13H10N2O3. The molecule has 0 unspecified atom stereocenters. The van der Waals surface area contributed by atoms with Crippen LogP contribution in [-0.4, -0.2) is 16.3 Å². The highest BCUT2D eigenvalue weighted by Gasteiger charge is 2.10. The molecule has 2 rings (SSSR count). The summed E-state index contributed by atoms with van der Waals surface area (Å²) < 4.78 is 0. The first-order valence-electron chi connectivity index (χ1n) is 5.23. The second-order valence-corrected chi connectivity index (χ2v) is 3.57. The van der Waals surface area contributed by atoms with Crippen LogP contribution in [0, 0.1) is 5.21 Å². The van der Waals surface area contributed by atoms with Crippen molar-refractivity contribution in [3.8, 4) is 5.75 Å². The van der Waals surface area contributed by atoms with Gasteiger partial charge in [-0.1, -0.05) is 12.1 Å². The van der Waals surface area contributed by atoms with Crippen molar-refractivity contribution < 1.29 is 14.8 Å². The van der Waals surface area contributed by atoms with Gasteiger partial charge in [0, 0.05) is 11.2 Å². The van der Waals surface area contributed by atoms with Crippen LogP contribution in [0.1, 0.15) is 10.4 Å². The second kappa shape index (κ2) is 5.09. The molecule has 0 saturated carbocycles. The molecule has 0 fully saturated rings. The highest BCUT2D eigenvalue weighted by molar-refractivity contribution is 5.81.